The van der Waals surface area contributed by atoms with Crippen molar-refractivity contribution in [3.8, 4) is 0 Å². The summed E-state index contributed by atoms with van der Waals surface area (Å²) in [7, 11) is -3.75. The van der Waals surface area contributed by atoms with Crippen LogP contribution in [0.2, 0.25) is 0 Å². The molecule has 5 nitrogen and oxygen atoms in total. The first kappa shape index (κ1) is 15.7. The maximum absolute atomic E-state index is 11.8. The summed E-state index contributed by atoms with van der Waals surface area (Å²) in [6, 6.07) is 9.04. The minimum atomic E-state index is -3.75. The first-order valence-electron chi connectivity index (χ1n) is 6.95. The third kappa shape index (κ3) is 5.69. The molecule has 1 unspecified atom stereocenters. The molecule has 0 spiro atoms. The number of amides is 1. The Morgan fingerprint density at radius 1 is 1.33 bits per heavy atom. The van der Waals surface area contributed by atoms with Crippen LogP contribution in [-0.4, -0.2) is 27.0 Å². The van der Waals surface area contributed by atoms with E-state index in [-0.39, 0.29) is 12.5 Å². The summed E-state index contributed by atoms with van der Waals surface area (Å²) in [4.78, 5) is 11.6. The van der Waals surface area contributed by atoms with Gasteiger partial charge >= 0.3 is 0 Å². The highest BCUT2D eigenvalue weighted by molar-refractivity contribution is 7.93. The highest BCUT2D eigenvalue weighted by Crippen LogP contribution is 2.16. The van der Waals surface area contributed by atoms with E-state index in [9.17, 15) is 13.2 Å². The molecular weight excluding hydrogens is 290 g/mol. The fourth-order valence-electron chi connectivity index (χ4n) is 2.14. The molecule has 1 atom stereocenters. The molecule has 1 amide bonds. The predicted octanol–water partition coefficient (Wildman–Crippen LogP) is 2.06. The molecule has 1 aliphatic heterocycles. The molecule has 2 rings (SSSR count). The zero-order valence-corrected chi connectivity index (χ0v) is 12.5. The van der Waals surface area contributed by atoms with Crippen LogP contribution < -0.4 is 4.72 Å². The van der Waals surface area contributed by atoms with Gasteiger partial charge in [0.2, 0.25) is 5.91 Å². The first-order chi connectivity index (χ1) is 10.1. The molecule has 1 fully saturated rings. The van der Waals surface area contributed by atoms with Crippen LogP contribution in [0, 0.1) is 0 Å². The lowest BCUT2D eigenvalue weighted by Crippen LogP contribution is -2.29. The Morgan fingerprint density at radius 3 is 2.76 bits per heavy atom. The average molecular weight is 309 g/mol. The Morgan fingerprint density at radius 2 is 2.10 bits per heavy atom. The summed E-state index contributed by atoms with van der Waals surface area (Å²) >= 11 is 0. The van der Waals surface area contributed by atoms with Crippen LogP contribution in [0.15, 0.2) is 35.7 Å². The molecule has 1 saturated heterocycles. The molecule has 1 aliphatic rings. The lowest BCUT2D eigenvalue weighted by molar-refractivity contribution is -0.119. The largest absolute Gasteiger partial charge is 0.378 e. The molecule has 21 heavy (non-hydrogen) atoms. The summed E-state index contributed by atoms with van der Waals surface area (Å²) in [5.41, 5.74) is 0.759. The summed E-state index contributed by atoms with van der Waals surface area (Å²) in [5.74, 6) is -0.497. The number of rotatable bonds is 6. The molecule has 0 aromatic heterocycles. The maximum Gasteiger partial charge on any atom is 0.257 e. The lowest BCUT2D eigenvalue weighted by Gasteiger charge is -2.08. The lowest BCUT2D eigenvalue weighted by atomic mass is 10.1. The Hall–Kier alpha value is -1.66. The van der Waals surface area contributed by atoms with Gasteiger partial charge in [0.05, 0.1) is 11.5 Å². The SMILES string of the molecule is O=C(CCC1CCCO1)NS(=O)(=O)/C=C/c1ccccc1. The van der Waals surface area contributed by atoms with Gasteiger partial charge in [0.25, 0.3) is 10.0 Å². The summed E-state index contributed by atoms with van der Waals surface area (Å²) in [6.45, 7) is 0.727. The standard InChI is InChI=1S/C15H19NO4S/c17-15(9-8-14-7-4-11-20-14)16-21(18,19)12-10-13-5-2-1-3-6-13/h1-3,5-6,10,12,14H,4,7-9,11H2,(H,16,17)/b12-10+. The molecule has 1 aromatic carbocycles. The molecule has 114 valence electrons. The topological polar surface area (TPSA) is 72.5 Å². The van der Waals surface area contributed by atoms with E-state index in [4.69, 9.17) is 4.74 Å². The maximum atomic E-state index is 11.8. The molecule has 0 aliphatic carbocycles. The summed E-state index contributed by atoms with van der Waals surface area (Å²) in [5, 5.41) is 1.01. The van der Waals surface area contributed by atoms with Gasteiger partial charge in [-0.05, 0) is 30.9 Å². The van der Waals surface area contributed by atoms with E-state index in [0.29, 0.717) is 6.42 Å². The van der Waals surface area contributed by atoms with E-state index in [1.54, 1.807) is 12.1 Å². The van der Waals surface area contributed by atoms with Crippen molar-refractivity contribution in [2.24, 2.45) is 0 Å². The zero-order chi connectivity index (χ0) is 15.1. The second-order valence-corrected chi connectivity index (χ2v) is 6.52. The van der Waals surface area contributed by atoms with Crippen LogP contribution in [0.4, 0.5) is 0 Å². The number of ether oxygens (including phenoxy) is 1. The van der Waals surface area contributed by atoms with E-state index >= 15 is 0 Å². The third-order valence-electron chi connectivity index (χ3n) is 3.21. The van der Waals surface area contributed by atoms with E-state index in [1.807, 2.05) is 22.9 Å². The van der Waals surface area contributed by atoms with Crippen LogP contribution in [0.3, 0.4) is 0 Å². The van der Waals surface area contributed by atoms with Gasteiger partial charge in [0.1, 0.15) is 0 Å². The quantitative estimate of drug-likeness (QED) is 0.873. The van der Waals surface area contributed by atoms with Gasteiger partial charge in [-0.3, -0.25) is 4.79 Å². The summed E-state index contributed by atoms with van der Waals surface area (Å²) in [6.07, 6.45) is 4.19. The molecule has 6 heteroatoms. The minimum absolute atomic E-state index is 0.0818. The monoisotopic (exact) mass is 309 g/mol. The van der Waals surface area contributed by atoms with Crippen LogP contribution in [-0.2, 0) is 19.6 Å². The Balaban J connectivity index is 1.82. The number of carbonyl (C=O) groups is 1. The van der Waals surface area contributed by atoms with Crippen LogP contribution in [0.5, 0.6) is 0 Å². The normalized spacial score (nSPS) is 19.0. The Labute approximate surface area is 125 Å². The predicted molar refractivity (Wildman–Crippen MR) is 80.7 cm³/mol. The number of sulfonamides is 1. The van der Waals surface area contributed by atoms with Gasteiger partial charge in [-0.1, -0.05) is 30.3 Å². The molecule has 1 heterocycles. The number of carbonyl (C=O) groups excluding carboxylic acids is 1. The van der Waals surface area contributed by atoms with Crippen LogP contribution in [0.1, 0.15) is 31.2 Å². The molecule has 0 radical (unpaired) electrons. The van der Waals surface area contributed by atoms with Crippen molar-refractivity contribution in [1.29, 1.82) is 0 Å². The van der Waals surface area contributed by atoms with E-state index in [1.165, 1.54) is 6.08 Å². The van der Waals surface area contributed by atoms with Gasteiger partial charge in [-0.25, -0.2) is 13.1 Å². The van der Waals surface area contributed by atoms with Crippen molar-refractivity contribution < 1.29 is 17.9 Å². The smallest absolute Gasteiger partial charge is 0.257 e. The summed E-state index contributed by atoms with van der Waals surface area (Å²) < 4.78 is 31.0. The van der Waals surface area contributed by atoms with Crippen LogP contribution in [0.25, 0.3) is 6.08 Å². The zero-order valence-electron chi connectivity index (χ0n) is 11.7. The average Bonchev–Trinajstić information content (AvgIpc) is 2.97. The van der Waals surface area contributed by atoms with E-state index in [2.05, 4.69) is 0 Å². The Kier molecular flexibility index (Phi) is 5.52. The fraction of sp³-hybridized carbons (Fsp3) is 0.400. The van der Waals surface area contributed by atoms with Crippen molar-refractivity contribution in [2.75, 3.05) is 6.61 Å². The van der Waals surface area contributed by atoms with E-state index in [0.717, 1.165) is 30.4 Å². The molecule has 1 aromatic rings. The van der Waals surface area contributed by atoms with Gasteiger partial charge in [-0.2, -0.15) is 0 Å². The van der Waals surface area contributed by atoms with Gasteiger partial charge in [0, 0.05) is 13.0 Å². The van der Waals surface area contributed by atoms with Gasteiger partial charge < -0.3 is 4.74 Å². The van der Waals surface area contributed by atoms with Gasteiger partial charge in [-0.15, -0.1) is 0 Å². The van der Waals surface area contributed by atoms with Crippen LogP contribution >= 0.6 is 0 Å². The highest BCUT2D eigenvalue weighted by Gasteiger charge is 2.18. The number of hydrogen-bond acceptors (Lipinski definition) is 4. The highest BCUT2D eigenvalue weighted by atomic mass is 32.2. The second kappa shape index (κ2) is 7.38. The molecule has 0 saturated carbocycles. The first-order valence-corrected chi connectivity index (χ1v) is 8.50. The molecule has 0 bridgehead atoms. The van der Waals surface area contributed by atoms with Crippen molar-refractivity contribution >= 4 is 22.0 Å². The van der Waals surface area contributed by atoms with Crippen molar-refractivity contribution in [2.45, 2.75) is 31.8 Å². The third-order valence-corrected chi connectivity index (χ3v) is 4.22. The number of benzene rings is 1. The van der Waals surface area contributed by atoms with Crippen molar-refractivity contribution in [3.63, 3.8) is 0 Å². The molecule has 1 N–H and O–H groups in total. The minimum Gasteiger partial charge on any atom is -0.378 e. The van der Waals surface area contributed by atoms with E-state index < -0.39 is 15.9 Å². The number of nitrogens with one attached hydrogen (secondary N) is 1. The molecular formula is C15H19NO4S. The number of hydrogen-bond donors (Lipinski definition) is 1. The van der Waals surface area contributed by atoms with Crippen molar-refractivity contribution in [1.82, 2.24) is 4.72 Å². The Bertz CT molecular complexity index is 589. The van der Waals surface area contributed by atoms with Gasteiger partial charge in [0.15, 0.2) is 0 Å². The second-order valence-electron chi connectivity index (χ2n) is 4.96. The van der Waals surface area contributed by atoms with Crippen molar-refractivity contribution in [3.05, 3.63) is 41.3 Å². The fourth-order valence-corrected chi connectivity index (χ4v) is 2.96.